The SMILES string of the molecule is C[Si]N[C@@H](C)C(=O)O. The Morgan fingerprint density at radius 3 is 2.50 bits per heavy atom. The minimum Gasteiger partial charge on any atom is -0.480 e. The number of hydrogen-bond acceptors (Lipinski definition) is 2. The van der Waals surface area contributed by atoms with Crippen molar-refractivity contribution in [3.8, 4) is 0 Å². The first-order valence-corrected chi connectivity index (χ1v) is 3.83. The number of nitrogens with one attached hydrogen (secondary N) is 1. The number of carboxylic acids is 1. The third-order valence-corrected chi connectivity index (χ3v) is 1.45. The molecule has 2 radical (unpaired) electrons. The zero-order valence-electron chi connectivity index (χ0n) is 4.93. The van der Waals surface area contributed by atoms with E-state index in [-0.39, 0.29) is 0 Å². The Morgan fingerprint density at radius 2 is 2.38 bits per heavy atom. The summed E-state index contributed by atoms with van der Waals surface area (Å²) < 4.78 is 0. The second-order valence-electron chi connectivity index (χ2n) is 1.45. The van der Waals surface area contributed by atoms with Gasteiger partial charge in [0.15, 0.2) is 0 Å². The Morgan fingerprint density at radius 1 is 1.88 bits per heavy atom. The van der Waals surface area contributed by atoms with Crippen molar-refractivity contribution < 1.29 is 9.90 Å². The fourth-order valence-corrected chi connectivity index (χ4v) is 0.835. The molecule has 0 aromatic heterocycles. The summed E-state index contributed by atoms with van der Waals surface area (Å²) >= 11 is 0. The van der Waals surface area contributed by atoms with Crippen LogP contribution in [-0.4, -0.2) is 26.8 Å². The van der Waals surface area contributed by atoms with Gasteiger partial charge in [-0.05, 0) is 6.92 Å². The minimum atomic E-state index is -0.792. The number of rotatable bonds is 3. The van der Waals surface area contributed by atoms with Crippen molar-refractivity contribution in [3.63, 3.8) is 0 Å². The van der Waals surface area contributed by atoms with Crippen molar-refractivity contribution in [2.75, 3.05) is 0 Å². The third-order valence-electron chi connectivity index (χ3n) is 0.731. The number of carbonyl (C=O) groups is 1. The van der Waals surface area contributed by atoms with Crippen LogP contribution < -0.4 is 4.98 Å². The topological polar surface area (TPSA) is 49.3 Å². The van der Waals surface area contributed by atoms with Crippen molar-refractivity contribution in [1.29, 1.82) is 0 Å². The van der Waals surface area contributed by atoms with Gasteiger partial charge < -0.3 is 10.1 Å². The second-order valence-corrected chi connectivity index (χ2v) is 2.24. The molecule has 0 aromatic rings. The molecule has 0 amide bonds. The molecule has 0 aliphatic heterocycles. The summed E-state index contributed by atoms with van der Waals surface area (Å²) in [5.41, 5.74) is 0. The summed E-state index contributed by atoms with van der Waals surface area (Å²) in [6.07, 6.45) is 0. The van der Waals surface area contributed by atoms with Crippen LogP contribution in [0.2, 0.25) is 6.55 Å². The van der Waals surface area contributed by atoms with Crippen molar-refractivity contribution in [1.82, 2.24) is 4.98 Å². The first kappa shape index (κ1) is 7.65. The molecule has 0 fully saturated rings. The number of hydrogen-bond donors (Lipinski definition) is 2. The average Bonchev–Trinajstić information content (AvgIpc) is 1.67. The Balaban J connectivity index is 3.32. The maximum Gasteiger partial charge on any atom is 0.319 e. The fourth-order valence-electron chi connectivity index (χ4n) is 0.278. The van der Waals surface area contributed by atoms with Gasteiger partial charge in [-0.3, -0.25) is 4.79 Å². The zero-order chi connectivity index (χ0) is 6.57. The highest BCUT2D eigenvalue weighted by Crippen LogP contribution is 1.76. The molecule has 0 unspecified atom stereocenters. The molecule has 0 rings (SSSR count). The smallest absolute Gasteiger partial charge is 0.319 e. The molecule has 8 heavy (non-hydrogen) atoms. The van der Waals surface area contributed by atoms with Crippen molar-refractivity contribution >= 4 is 15.7 Å². The van der Waals surface area contributed by atoms with E-state index in [4.69, 9.17) is 5.11 Å². The Labute approximate surface area is 51.0 Å². The lowest BCUT2D eigenvalue weighted by Gasteiger charge is -2.03. The lowest BCUT2D eigenvalue weighted by atomic mass is 10.4. The minimum absolute atomic E-state index is 0.404. The van der Waals surface area contributed by atoms with Crippen molar-refractivity contribution in [2.24, 2.45) is 0 Å². The van der Waals surface area contributed by atoms with Gasteiger partial charge in [-0.25, -0.2) is 0 Å². The van der Waals surface area contributed by atoms with Crippen LogP contribution in [0.1, 0.15) is 6.92 Å². The largest absolute Gasteiger partial charge is 0.480 e. The zero-order valence-corrected chi connectivity index (χ0v) is 5.93. The molecule has 46 valence electrons. The summed E-state index contributed by atoms with van der Waals surface area (Å²) in [4.78, 5) is 12.8. The highest BCUT2D eigenvalue weighted by atomic mass is 28.2. The number of carboxylic acid groups (broad SMARTS) is 1. The second kappa shape index (κ2) is 3.62. The van der Waals surface area contributed by atoms with E-state index in [9.17, 15) is 4.79 Å². The molecule has 0 aromatic carbocycles. The van der Waals surface area contributed by atoms with E-state index >= 15 is 0 Å². The normalized spacial score (nSPS) is 13.2. The molecular weight excluding hydrogens is 122 g/mol. The number of aliphatic carboxylic acids is 1. The van der Waals surface area contributed by atoms with Crippen LogP contribution in [0.3, 0.4) is 0 Å². The van der Waals surface area contributed by atoms with Gasteiger partial charge in [0, 0.05) is 0 Å². The molecule has 0 bridgehead atoms. The molecule has 0 aliphatic rings. The van der Waals surface area contributed by atoms with Crippen LogP contribution in [0.25, 0.3) is 0 Å². The van der Waals surface area contributed by atoms with Crippen LogP contribution >= 0.6 is 0 Å². The standard InChI is InChI=1S/C4H9NO2Si/c1-3(4(6)7)5-8-2/h3,5H,1-2H3,(H,6,7)/t3-/m0/s1. The maximum absolute atomic E-state index is 10.0. The molecule has 0 spiro atoms. The first-order chi connectivity index (χ1) is 3.68. The van der Waals surface area contributed by atoms with Gasteiger partial charge in [0.25, 0.3) is 0 Å². The summed E-state index contributed by atoms with van der Waals surface area (Å²) in [5.74, 6) is -0.792. The van der Waals surface area contributed by atoms with E-state index in [0.717, 1.165) is 0 Å². The summed E-state index contributed by atoms with van der Waals surface area (Å²) in [6.45, 7) is 3.53. The monoisotopic (exact) mass is 131 g/mol. The van der Waals surface area contributed by atoms with E-state index in [2.05, 4.69) is 4.98 Å². The van der Waals surface area contributed by atoms with Gasteiger partial charge in [0.05, 0.1) is 6.04 Å². The van der Waals surface area contributed by atoms with Crippen LogP contribution in [0.4, 0.5) is 0 Å². The molecule has 0 saturated carbocycles. The lowest BCUT2D eigenvalue weighted by molar-refractivity contribution is -0.138. The maximum atomic E-state index is 10.0. The summed E-state index contributed by atoms with van der Waals surface area (Å²) in [6, 6.07) is -0.404. The Bertz CT molecular complexity index is 86.1. The van der Waals surface area contributed by atoms with Crippen LogP contribution in [-0.2, 0) is 4.79 Å². The van der Waals surface area contributed by atoms with Gasteiger partial charge >= 0.3 is 5.97 Å². The average molecular weight is 131 g/mol. The Hall–Kier alpha value is -0.353. The van der Waals surface area contributed by atoms with Crippen molar-refractivity contribution in [2.45, 2.75) is 19.5 Å². The molecule has 4 heteroatoms. The highest BCUT2D eigenvalue weighted by Gasteiger charge is 2.06. The quantitative estimate of drug-likeness (QED) is 0.518. The molecule has 0 heterocycles. The first-order valence-electron chi connectivity index (χ1n) is 2.33. The third kappa shape index (κ3) is 2.76. The summed E-state index contributed by atoms with van der Waals surface area (Å²) in [5, 5.41) is 8.26. The van der Waals surface area contributed by atoms with E-state index in [1.165, 1.54) is 0 Å². The highest BCUT2D eigenvalue weighted by molar-refractivity contribution is 6.30. The van der Waals surface area contributed by atoms with Gasteiger partial charge in [-0.2, -0.15) is 0 Å². The fraction of sp³-hybridized carbons (Fsp3) is 0.750. The van der Waals surface area contributed by atoms with E-state index in [0.29, 0.717) is 9.68 Å². The van der Waals surface area contributed by atoms with E-state index < -0.39 is 12.0 Å². The molecular formula is C4H9NO2Si. The predicted molar refractivity (Wildman–Crippen MR) is 31.9 cm³/mol. The van der Waals surface area contributed by atoms with E-state index in [1.807, 2.05) is 6.55 Å². The molecule has 0 aliphatic carbocycles. The van der Waals surface area contributed by atoms with Crippen LogP contribution in [0, 0.1) is 0 Å². The van der Waals surface area contributed by atoms with Gasteiger partial charge in [-0.1, -0.05) is 6.55 Å². The molecule has 2 N–H and O–H groups in total. The lowest BCUT2D eigenvalue weighted by Crippen LogP contribution is -2.34. The Kier molecular flexibility index (Phi) is 3.46. The van der Waals surface area contributed by atoms with Gasteiger partial charge in [-0.15, -0.1) is 0 Å². The van der Waals surface area contributed by atoms with Crippen molar-refractivity contribution in [3.05, 3.63) is 0 Å². The van der Waals surface area contributed by atoms with Gasteiger partial charge in [0.1, 0.15) is 9.68 Å². The van der Waals surface area contributed by atoms with Crippen LogP contribution in [0.5, 0.6) is 0 Å². The summed E-state index contributed by atoms with van der Waals surface area (Å²) in [7, 11) is 0.500. The van der Waals surface area contributed by atoms with Gasteiger partial charge in [0.2, 0.25) is 0 Å². The van der Waals surface area contributed by atoms with E-state index in [1.54, 1.807) is 6.92 Å². The van der Waals surface area contributed by atoms with Crippen LogP contribution in [0.15, 0.2) is 0 Å². The molecule has 1 atom stereocenters. The molecule has 0 saturated heterocycles. The molecule has 3 nitrogen and oxygen atoms in total. The predicted octanol–water partition coefficient (Wildman–Crippen LogP) is -0.284.